The van der Waals surface area contributed by atoms with Gasteiger partial charge >= 0.3 is 0 Å². The molecule has 0 atom stereocenters. The molecule has 96 valence electrons. The standard InChI is InChI=1S/C11H19N3O2S/c1-3-4-5-12-10(16)8-17-11-13-6-9(7-15)14(11)2/h6,15H,3-5,7-8H2,1-2H3,(H,12,16). The van der Waals surface area contributed by atoms with E-state index >= 15 is 0 Å². The third-order valence-corrected chi connectivity index (χ3v) is 3.43. The minimum absolute atomic E-state index is 0.0250. The van der Waals surface area contributed by atoms with Crippen LogP contribution in [-0.2, 0) is 18.4 Å². The van der Waals surface area contributed by atoms with Gasteiger partial charge in [-0.25, -0.2) is 4.98 Å². The Bertz CT molecular complexity index is 366. The van der Waals surface area contributed by atoms with Crippen molar-refractivity contribution in [3.63, 3.8) is 0 Å². The Morgan fingerprint density at radius 3 is 3.00 bits per heavy atom. The zero-order chi connectivity index (χ0) is 12.7. The summed E-state index contributed by atoms with van der Waals surface area (Å²) in [5, 5.41) is 12.6. The molecule has 0 bridgehead atoms. The molecule has 0 aromatic carbocycles. The predicted molar refractivity (Wildman–Crippen MR) is 67.8 cm³/mol. The van der Waals surface area contributed by atoms with Gasteiger partial charge in [0.2, 0.25) is 5.91 Å². The highest BCUT2D eigenvalue weighted by Crippen LogP contribution is 2.16. The van der Waals surface area contributed by atoms with Gasteiger partial charge in [-0.05, 0) is 6.42 Å². The maximum absolute atomic E-state index is 11.5. The van der Waals surface area contributed by atoms with E-state index in [4.69, 9.17) is 5.11 Å². The van der Waals surface area contributed by atoms with Gasteiger partial charge < -0.3 is 15.0 Å². The third kappa shape index (κ3) is 4.40. The van der Waals surface area contributed by atoms with E-state index in [1.165, 1.54) is 11.8 Å². The highest BCUT2D eigenvalue weighted by Gasteiger charge is 2.08. The molecule has 1 amide bonds. The molecule has 0 radical (unpaired) electrons. The second kappa shape index (κ2) is 7.34. The van der Waals surface area contributed by atoms with Crippen LogP contribution in [0.1, 0.15) is 25.5 Å². The van der Waals surface area contributed by atoms with Gasteiger partial charge in [-0.15, -0.1) is 0 Å². The van der Waals surface area contributed by atoms with E-state index in [0.717, 1.165) is 30.2 Å². The van der Waals surface area contributed by atoms with Gasteiger partial charge in [0.05, 0.1) is 24.3 Å². The fourth-order valence-electron chi connectivity index (χ4n) is 1.29. The van der Waals surface area contributed by atoms with Crippen molar-refractivity contribution in [2.45, 2.75) is 31.5 Å². The molecule has 1 aromatic heterocycles. The summed E-state index contributed by atoms with van der Waals surface area (Å²) in [4.78, 5) is 15.6. The van der Waals surface area contributed by atoms with Crippen molar-refractivity contribution in [1.82, 2.24) is 14.9 Å². The summed E-state index contributed by atoms with van der Waals surface area (Å²) >= 11 is 1.38. The van der Waals surface area contributed by atoms with Crippen LogP contribution in [0.4, 0.5) is 0 Å². The Morgan fingerprint density at radius 1 is 1.65 bits per heavy atom. The monoisotopic (exact) mass is 257 g/mol. The van der Waals surface area contributed by atoms with Crippen LogP contribution < -0.4 is 5.32 Å². The lowest BCUT2D eigenvalue weighted by molar-refractivity contribution is -0.118. The maximum Gasteiger partial charge on any atom is 0.230 e. The molecule has 17 heavy (non-hydrogen) atoms. The smallest absolute Gasteiger partial charge is 0.230 e. The summed E-state index contributed by atoms with van der Waals surface area (Å²) in [6, 6.07) is 0. The van der Waals surface area contributed by atoms with Crippen LogP contribution in [-0.4, -0.2) is 32.9 Å². The van der Waals surface area contributed by atoms with Gasteiger partial charge in [-0.2, -0.15) is 0 Å². The first-order valence-electron chi connectivity index (χ1n) is 5.70. The second-order valence-electron chi connectivity index (χ2n) is 3.74. The number of nitrogens with one attached hydrogen (secondary N) is 1. The van der Waals surface area contributed by atoms with Gasteiger partial charge in [0.25, 0.3) is 0 Å². The lowest BCUT2D eigenvalue weighted by Gasteiger charge is -2.05. The van der Waals surface area contributed by atoms with Gasteiger partial charge in [0, 0.05) is 13.6 Å². The number of carbonyl (C=O) groups is 1. The van der Waals surface area contributed by atoms with Gasteiger partial charge in [0.1, 0.15) is 0 Å². The van der Waals surface area contributed by atoms with E-state index in [1.54, 1.807) is 10.8 Å². The number of aliphatic hydroxyl groups is 1. The van der Waals surface area contributed by atoms with Crippen molar-refractivity contribution in [2.24, 2.45) is 7.05 Å². The van der Waals surface area contributed by atoms with Crippen molar-refractivity contribution < 1.29 is 9.90 Å². The van der Waals surface area contributed by atoms with Crippen molar-refractivity contribution in [1.29, 1.82) is 0 Å². The van der Waals surface area contributed by atoms with Crippen LogP contribution in [0.2, 0.25) is 0 Å². The second-order valence-corrected chi connectivity index (χ2v) is 4.68. The van der Waals surface area contributed by atoms with Crippen LogP contribution >= 0.6 is 11.8 Å². The molecule has 0 aliphatic rings. The summed E-state index contributed by atoms with van der Waals surface area (Å²) in [6.07, 6.45) is 3.71. The van der Waals surface area contributed by atoms with E-state index in [0.29, 0.717) is 5.75 Å². The normalized spacial score (nSPS) is 10.5. The topological polar surface area (TPSA) is 67.2 Å². The number of hydrogen-bond acceptors (Lipinski definition) is 4. The van der Waals surface area contributed by atoms with Crippen LogP contribution in [0, 0.1) is 0 Å². The van der Waals surface area contributed by atoms with Crippen LogP contribution in [0.3, 0.4) is 0 Å². The quantitative estimate of drug-likeness (QED) is 0.563. The molecule has 0 spiro atoms. The number of carbonyl (C=O) groups excluding carboxylic acids is 1. The number of amides is 1. The highest BCUT2D eigenvalue weighted by atomic mass is 32.2. The average Bonchev–Trinajstić information content (AvgIpc) is 2.68. The fourth-order valence-corrected chi connectivity index (χ4v) is 2.09. The summed E-state index contributed by atoms with van der Waals surface area (Å²) in [5.41, 5.74) is 0.749. The number of unbranched alkanes of at least 4 members (excludes halogenated alkanes) is 1. The summed E-state index contributed by atoms with van der Waals surface area (Å²) < 4.78 is 1.80. The van der Waals surface area contributed by atoms with Crippen LogP contribution in [0.15, 0.2) is 11.4 Å². The molecule has 0 aliphatic carbocycles. The fraction of sp³-hybridized carbons (Fsp3) is 0.636. The Labute approximate surface area is 106 Å². The van der Waals surface area contributed by atoms with E-state index in [9.17, 15) is 4.79 Å². The Morgan fingerprint density at radius 2 is 2.41 bits per heavy atom. The zero-order valence-corrected chi connectivity index (χ0v) is 11.1. The highest BCUT2D eigenvalue weighted by molar-refractivity contribution is 7.99. The molecular weight excluding hydrogens is 238 g/mol. The molecule has 1 aromatic rings. The van der Waals surface area contributed by atoms with Crippen LogP contribution in [0.5, 0.6) is 0 Å². The van der Waals surface area contributed by atoms with Gasteiger partial charge in [0.15, 0.2) is 5.16 Å². The van der Waals surface area contributed by atoms with Gasteiger partial charge in [-0.3, -0.25) is 4.79 Å². The number of nitrogens with zero attached hydrogens (tertiary/aromatic N) is 2. The summed E-state index contributed by atoms with van der Waals surface area (Å²) in [5.74, 6) is 0.386. The summed E-state index contributed by atoms with van der Waals surface area (Å²) in [7, 11) is 1.83. The first-order valence-corrected chi connectivity index (χ1v) is 6.68. The molecule has 0 fully saturated rings. The van der Waals surface area contributed by atoms with E-state index < -0.39 is 0 Å². The summed E-state index contributed by atoms with van der Waals surface area (Å²) in [6.45, 7) is 2.79. The Hall–Kier alpha value is -1.01. The molecule has 6 heteroatoms. The minimum Gasteiger partial charge on any atom is -0.390 e. The number of aliphatic hydroxyl groups excluding tert-OH is 1. The minimum atomic E-state index is -0.0350. The molecule has 0 saturated heterocycles. The molecular formula is C11H19N3O2S. The lowest BCUT2D eigenvalue weighted by atomic mass is 10.3. The Balaban J connectivity index is 2.34. The van der Waals surface area contributed by atoms with Crippen molar-refractivity contribution in [3.05, 3.63) is 11.9 Å². The molecule has 0 saturated carbocycles. The first-order chi connectivity index (χ1) is 8.19. The molecule has 5 nitrogen and oxygen atoms in total. The molecule has 0 unspecified atom stereocenters. The average molecular weight is 257 g/mol. The number of aromatic nitrogens is 2. The third-order valence-electron chi connectivity index (χ3n) is 2.39. The SMILES string of the molecule is CCCCNC(=O)CSc1ncc(CO)n1C. The zero-order valence-electron chi connectivity index (χ0n) is 10.3. The van der Waals surface area contributed by atoms with Crippen molar-refractivity contribution in [2.75, 3.05) is 12.3 Å². The number of thioether (sulfide) groups is 1. The van der Waals surface area contributed by atoms with E-state index in [-0.39, 0.29) is 12.5 Å². The molecule has 2 N–H and O–H groups in total. The van der Waals surface area contributed by atoms with Crippen molar-refractivity contribution in [3.8, 4) is 0 Å². The number of rotatable bonds is 7. The number of hydrogen-bond donors (Lipinski definition) is 2. The maximum atomic E-state index is 11.5. The molecule has 0 aliphatic heterocycles. The van der Waals surface area contributed by atoms with Crippen LogP contribution in [0.25, 0.3) is 0 Å². The Kier molecular flexibility index (Phi) is 6.07. The molecule has 1 heterocycles. The van der Waals surface area contributed by atoms with Crippen molar-refractivity contribution >= 4 is 17.7 Å². The largest absolute Gasteiger partial charge is 0.390 e. The van der Waals surface area contributed by atoms with Gasteiger partial charge in [-0.1, -0.05) is 25.1 Å². The van der Waals surface area contributed by atoms with E-state index in [2.05, 4.69) is 17.2 Å². The lowest BCUT2D eigenvalue weighted by Crippen LogP contribution is -2.26. The predicted octanol–water partition coefficient (Wildman–Crippen LogP) is 0.921. The molecule has 1 rings (SSSR count). The first kappa shape index (κ1) is 14.1. The number of imidazole rings is 1. The van der Waals surface area contributed by atoms with E-state index in [1.807, 2.05) is 7.05 Å².